The van der Waals surface area contributed by atoms with E-state index in [1.165, 1.54) is 18.2 Å². The number of sulfonamides is 1. The van der Waals surface area contributed by atoms with E-state index in [0.717, 1.165) is 6.26 Å². The first kappa shape index (κ1) is 18.8. The fourth-order valence-corrected chi connectivity index (χ4v) is 3.50. The molecular weight excluding hydrogens is 373 g/mol. The van der Waals surface area contributed by atoms with Crippen LogP contribution >= 0.6 is 0 Å². The van der Waals surface area contributed by atoms with Crippen molar-refractivity contribution in [1.82, 2.24) is 5.32 Å². The normalized spacial score (nSPS) is 16.2. The summed E-state index contributed by atoms with van der Waals surface area (Å²) in [5, 5.41) is 5.31. The van der Waals surface area contributed by atoms with Gasteiger partial charge in [-0.3, -0.25) is 14.3 Å². The minimum absolute atomic E-state index is 0.0276. The van der Waals surface area contributed by atoms with Crippen molar-refractivity contribution in [3.63, 3.8) is 0 Å². The van der Waals surface area contributed by atoms with Gasteiger partial charge in [-0.05, 0) is 35.4 Å². The minimum Gasteiger partial charge on any atom is -0.351 e. The molecule has 1 atom stereocenters. The molecule has 0 spiro atoms. The van der Waals surface area contributed by atoms with Crippen LogP contribution in [0.5, 0.6) is 0 Å². The van der Waals surface area contributed by atoms with Crippen LogP contribution in [0.15, 0.2) is 42.5 Å². The Bertz CT molecular complexity index is 1010. The second-order valence-electron chi connectivity index (χ2n) is 6.33. The van der Waals surface area contributed by atoms with E-state index in [0.29, 0.717) is 22.5 Å². The third-order valence-electron chi connectivity index (χ3n) is 4.07. The molecule has 0 unspecified atom stereocenters. The van der Waals surface area contributed by atoms with Crippen molar-refractivity contribution >= 4 is 33.2 Å². The molecule has 0 radical (unpaired) electrons. The summed E-state index contributed by atoms with van der Waals surface area (Å²) in [6, 6.07) is 10.5. The summed E-state index contributed by atoms with van der Waals surface area (Å²) < 4.78 is 38.4. The molecule has 7 nitrogen and oxygen atoms in total. The molecular formula is C18H18FN3O4S. The molecule has 1 aliphatic rings. The van der Waals surface area contributed by atoms with Crippen molar-refractivity contribution in [3.05, 3.63) is 59.4 Å². The maximum absolute atomic E-state index is 13.4. The highest BCUT2D eigenvalue weighted by molar-refractivity contribution is 7.92. The van der Waals surface area contributed by atoms with E-state index in [4.69, 9.17) is 0 Å². The molecule has 2 aromatic rings. The Morgan fingerprint density at radius 3 is 2.78 bits per heavy atom. The van der Waals surface area contributed by atoms with Crippen molar-refractivity contribution < 1.29 is 22.4 Å². The van der Waals surface area contributed by atoms with Crippen molar-refractivity contribution in [1.29, 1.82) is 0 Å². The largest absolute Gasteiger partial charge is 0.351 e. The van der Waals surface area contributed by atoms with E-state index < -0.39 is 21.8 Å². The number of amides is 2. The SMILES string of the molecule is CS(=O)(=O)Nc1cccc(CNC(=O)[C@H]2CC(=O)Nc3cc(F)ccc32)c1. The minimum atomic E-state index is -3.40. The van der Waals surface area contributed by atoms with E-state index in [9.17, 15) is 22.4 Å². The number of hydrogen-bond donors (Lipinski definition) is 3. The molecule has 0 saturated carbocycles. The average Bonchev–Trinajstić information content (AvgIpc) is 2.57. The van der Waals surface area contributed by atoms with Crippen LogP contribution in [0.1, 0.15) is 23.5 Å². The number of hydrogen-bond acceptors (Lipinski definition) is 4. The molecule has 2 aromatic carbocycles. The number of fused-ring (bicyclic) bond motifs is 1. The summed E-state index contributed by atoms with van der Waals surface area (Å²) in [6.45, 7) is 0.159. The van der Waals surface area contributed by atoms with E-state index >= 15 is 0 Å². The Hall–Kier alpha value is -2.94. The second kappa shape index (κ2) is 7.36. The van der Waals surface area contributed by atoms with Gasteiger partial charge in [-0.1, -0.05) is 18.2 Å². The lowest BCUT2D eigenvalue weighted by atomic mass is 9.89. The maximum atomic E-state index is 13.4. The summed E-state index contributed by atoms with van der Waals surface area (Å²) in [7, 11) is -3.40. The lowest BCUT2D eigenvalue weighted by Gasteiger charge is -2.25. The zero-order valence-electron chi connectivity index (χ0n) is 14.5. The summed E-state index contributed by atoms with van der Waals surface area (Å²) in [4.78, 5) is 24.4. The Labute approximate surface area is 156 Å². The van der Waals surface area contributed by atoms with Crippen LogP contribution < -0.4 is 15.4 Å². The van der Waals surface area contributed by atoms with Gasteiger partial charge in [-0.2, -0.15) is 0 Å². The highest BCUT2D eigenvalue weighted by Crippen LogP contribution is 2.32. The van der Waals surface area contributed by atoms with Crippen molar-refractivity contribution in [3.8, 4) is 0 Å². The van der Waals surface area contributed by atoms with Crippen molar-refractivity contribution in [2.45, 2.75) is 18.9 Å². The third kappa shape index (κ3) is 4.82. The van der Waals surface area contributed by atoms with Gasteiger partial charge in [0.05, 0.1) is 12.2 Å². The molecule has 2 amide bonds. The van der Waals surface area contributed by atoms with Gasteiger partial charge in [0.15, 0.2) is 0 Å². The van der Waals surface area contributed by atoms with Gasteiger partial charge in [0, 0.05) is 24.3 Å². The standard InChI is InChI=1S/C18H18FN3O4S/c1-27(25,26)22-13-4-2-3-11(7-13)10-20-18(24)15-9-17(23)21-16-8-12(19)5-6-14(15)16/h2-8,15,22H,9-10H2,1H3,(H,20,24)(H,21,23)/t15-/m0/s1. The van der Waals surface area contributed by atoms with Crippen LogP contribution in [-0.4, -0.2) is 26.5 Å². The number of halogens is 1. The summed E-state index contributed by atoms with van der Waals surface area (Å²) in [5.41, 5.74) is 1.94. The van der Waals surface area contributed by atoms with Crippen LogP contribution in [0.4, 0.5) is 15.8 Å². The summed E-state index contributed by atoms with van der Waals surface area (Å²) in [5.74, 6) is -1.93. The highest BCUT2D eigenvalue weighted by atomic mass is 32.2. The average molecular weight is 391 g/mol. The lowest BCUT2D eigenvalue weighted by molar-refractivity contribution is -0.126. The highest BCUT2D eigenvalue weighted by Gasteiger charge is 2.30. The smallest absolute Gasteiger partial charge is 0.229 e. The van der Waals surface area contributed by atoms with Crippen LogP contribution in [0.2, 0.25) is 0 Å². The van der Waals surface area contributed by atoms with Crippen LogP contribution in [0.25, 0.3) is 0 Å². The van der Waals surface area contributed by atoms with Crippen LogP contribution in [-0.2, 0) is 26.2 Å². The molecule has 3 N–H and O–H groups in total. The van der Waals surface area contributed by atoms with Gasteiger partial charge < -0.3 is 10.6 Å². The third-order valence-corrected chi connectivity index (χ3v) is 4.67. The van der Waals surface area contributed by atoms with Crippen LogP contribution in [0, 0.1) is 5.82 Å². The van der Waals surface area contributed by atoms with Gasteiger partial charge in [0.25, 0.3) is 0 Å². The maximum Gasteiger partial charge on any atom is 0.229 e. The topological polar surface area (TPSA) is 104 Å². The first-order valence-electron chi connectivity index (χ1n) is 8.15. The second-order valence-corrected chi connectivity index (χ2v) is 8.08. The number of anilines is 2. The van der Waals surface area contributed by atoms with E-state index in [1.54, 1.807) is 24.3 Å². The molecule has 9 heteroatoms. The molecule has 0 fully saturated rings. The molecule has 3 rings (SSSR count). The fraction of sp³-hybridized carbons (Fsp3) is 0.222. The summed E-state index contributed by atoms with van der Waals surface area (Å²) >= 11 is 0. The van der Waals surface area contributed by atoms with Gasteiger partial charge >= 0.3 is 0 Å². The number of nitrogens with one attached hydrogen (secondary N) is 3. The van der Waals surface area contributed by atoms with Crippen molar-refractivity contribution in [2.75, 3.05) is 16.3 Å². The molecule has 142 valence electrons. The predicted octanol–water partition coefficient (Wildman–Crippen LogP) is 1.94. The van der Waals surface area contributed by atoms with Gasteiger partial charge in [0.2, 0.25) is 21.8 Å². The van der Waals surface area contributed by atoms with E-state index in [1.807, 2.05) is 0 Å². The predicted molar refractivity (Wildman–Crippen MR) is 99.1 cm³/mol. The number of carbonyl (C=O) groups excluding carboxylic acids is 2. The summed E-state index contributed by atoms with van der Waals surface area (Å²) in [6.07, 6.45) is 1.02. The van der Waals surface area contributed by atoms with Crippen LogP contribution in [0.3, 0.4) is 0 Å². The zero-order valence-corrected chi connectivity index (χ0v) is 15.3. The number of carbonyl (C=O) groups is 2. The first-order valence-corrected chi connectivity index (χ1v) is 10.0. The first-order chi connectivity index (χ1) is 12.7. The molecule has 0 bridgehead atoms. The molecule has 0 aromatic heterocycles. The Morgan fingerprint density at radius 2 is 2.04 bits per heavy atom. The lowest BCUT2D eigenvalue weighted by Crippen LogP contribution is -2.34. The number of rotatable bonds is 5. The van der Waals surface area contributed by atoms with Gasteiger partial charge in [-0.15, -0.1) is 0 Å². The monoisotopic (exact) mass is 391 g/mol. The Morgan fingerprint density at radius 1 is 1.26 bits per heavy atom. The Kier molecular flexibility index (Phi) is 5.13. The van der Waals surface area contributed by atoms with Gasteiger partial charge in [0.1, 0.15) is 5.82 Å². The fourth-order valence-electron chi connectivity index (χ4n) is 2.94. The molecule has 1 heterocycles. The van der Waals surface area contributed by atoms with Gasteiger partial charge in [-0.25, -0.2) is 12.8 Å². The Balaban J connectivity index is 1.72. The van der Waals surface area contributed by atoms with E-state index in [-0.39, 0.29) is 24.8 Å². The van der Waals surface area contributed by atoms with E-state index in [2.05, 4.69) is 15.4 Å². The molecule has 1 aliphatic heterocycles. The number of benzene rings is 2. The molecule has 0 saturated heterocycles. The molecule has 0 aliphatic carbocycles. The quantitative estimate of drug-likeness (QED) is 0.724. The molecule has 27 heavy (non-hydrogen) atoms. The zero-order chi connectivity index (χ0) is 19.6. The van der Waals surface area contributed by atoms with Crippen molar-refractivity contribution in [2.24, 2.45) is 0 Å².